The van der Waals surface area contributed by atoms with Gasteiger partial charge in [0, 0.05) is 18.8 Å². The van der Waals surface area contributed by atoms with Crippen LogP contribution in [0.25, 0.3) is 0 Å². The Bertz CT molecular complexity index is 567. The first-order valence-corrected chi connectivity index (χ1v) is 9.93. The molecule has 0 aromatic rings. The number of aldehydes is 1. The molecular formula is C21H32O3. The SMILES string of the molecule is C[C@]12C(C=O)CC(=O)C[C@@H]1CC[C@@H]1[C@@H]2CC[C@@]2(C)[C@H]1CC[C@]2(C)O. The van der Waals surface area contributed by atoms with Crippen molar-refractivity contribution in [1.29, 1.82) is 0 Å². The van der Waals surface area contributed by atoms with Crippen LogP contribution in [-0.2, 0) is 9.59 Å². The molecule has 4 aliphatic carbocycles. The van der Waals surface area contributed by atoms with Gasteiger partial charge < -0.3 is 9.90 Å². The fraction of sp³-hybridized carbons (Fsp3) is 0.905. The van der Waals surface area contributed by atoms with Crippen LogP contribution in [-0.4, -0.2) is 22.8 Å². The average Bonchev–Trinajstić information content (AvgIpc) is 2.77. The predicted molar refractivity (Wildman–Crippen MR) is 92.3 cm³/mol. The summed E-state index contributed by atoms with van der Waals surface area (Å²) in [6.45, 7) is 6.65. The zero-order valence-electron chi connectivity index (χ0n) is 15.4. The highest BCUT2D eigenvalue weighted by molar-refractivity contribution is 5.83. The number of rotatable bonds is 1. The van der Waals surface area contributed by atoms with Gasteiger partial charge in [-0.3, -0.25) is 4.79 Å². The second-order valence-electron chi connectivity index (χ2n) is 9.98. The number of hydrogen-bond donors (Lipinski definition) is 1. The topological polar surface area (TPSA) is 54.4 Å². The molecule has 0 radical (unpaired) electrons. The summed E-state index contributed by atoms with van der Waals surface area (Å²) < 4.78 is 0. The molecule has 0 amide bonds. The summed E-state index contributed by atoms with van der Waals surface area (Å²) in [7, 11) is 0. The van der Waals surface area contributed by atoms with E-state index < -0.39 is 5.60 Å². The molecule has 0 aromatic heterocycles. The largest absolute Gasteiger partial charge is 0.390 e. The fourth-order valence-electron chi connectivity index (χ4n) is 7.63. The maximum Gasteiger partial charge on any atom is 0.133 e. The number of ketones is 1. The molecular weight excluding hydrogens is 300 g/mol. The summed E-state index contributed by atoms with van der Waals surface area (Å²) >= 11 is 0. The summed E-state index contributed by atoms with van der Waals surface area (Å²) in [6.07, 6.45) is 8.70. The molecule has 4 aliphatic rings. The lowest BCUT2D eigenvalue weighted by molar-refractivity contribution is -0.168. The highest BCUT2D eigenvalue weighted by Crippen LogP contribution is 2.68. The Hall–Kier alpha value is -0.700. The monoisotopic (exact) mass is 332 g/mol. The molecule has 4 fully saturated rings. The van der Waals surface area contributed by atoms with Crippen LogP contribution in [0, 0.1) is 40.4 Å². The normalized spacial score (nSPS) is 57.0. The number of aliphatic hydroxyl groups is 1. The minimum atomic E-state index is -0.549. The minimum Gasteiger partial charge on any atom is -0.390 e. The number of fused-ring (bicyclic) bond motifs is 5. The van der Waals surface area contributed by atoms with Crippen LogP contribution in [0.2, 0.25) is 0 Å². The fourth-order valence-corrected chi connectivity index (χ4v) is 7.63. The summed E-state index contributed by atoms with van der Waals surface area (Å²) in [5.74, 6) is 2.33. The summed E-state index contributed by atoms with van der Waals surface area (Å²) in [5.41, 5.74) is -0.528. The quantitative estimate of drug-likeness (QED) is 0.744. The van der Waals surface area contributed by atoms with E-state index in [1.165, 1.54) is 6.42 Å². The van der Waals surface area contributed by atoms with Gasteiger partial charge in [0.1, 0.15) is 12.1 Å². The minimum absolute atomic E-state index is 0.00560. The highest BCUT2D eigenvalue weighted by atomic mass is 16.3. The molecule has 3 heteroatoms. The van der Waals surface area contributed by atoms with Gasteiger partial charge in [0.2, 0.25) is 0 Å². The van der Waals surface area contributed by atoms with Crippen molar-refractivity contribution in [2.24, 2.45) is 40.4 Å². The Morgan fingerprint density at radius 2 is 1.71 bits per heavy atom. The van der Waals surface area contributed by atoms with Gasteiger partial charge in [-0.05, 0) is 80.0 Å². The third-order valence-corrected chi connectivity index (χ3v) is 9.41. The van der Waals surface area contributed by atoms with E-state index in [-0.39, 0.29) is 22.5 Å². The summed E-state index contributed by atoms with van der Waals surface area (Å²) in [4.78, 5) is 24.0. The number of carbonyl (C=O) groups is 2. The van der Waals surface area contributed by atoms with Gasteiger partial charge >= 0.3 is 0 Å². The van der Waals surface area contributed by atoms with Crippen LogP contribution in [0.15, 0.2) is 0 Å². The summed E-state index contributed by atoms with van der Waals surface area (Å²) in [5, 5.41) is 11.0. The molecule has 134 valence electrons. The first-order chi connectivity index (χ1) is 11.2. The average molecular weight is 332 g/mol. The van der Waals surface area contributed by atoms with E-state index >= 15 is 0 Å². The Morgan fingerprint density at radius 1 is 1.00 bits per heavy atom. The van der Waals surface area contributed by atoms with E-state index in [2.05, 4.69) is 13.8 Å². The molecule has 4 rings (SSSR count). The first kappa shape index (κ1) is 16.8. The zero-order chi connectivity index (χ0) is 17.3. The molecule has 0 saturated heterocycles. The molecule has 0 bridgehead atoms. The number of hydrogen-bond acceptors (Lipinski definition) is 3. The van der Waals surface area contributed by atoms with Gasteiger partial charge in [-0.15, -0.1) is 0 Å². The molecule has 0 aromatic carbocycles. The van der Waals surface area contributed by atoms with Crippen LogP contribution in [0.3, 0.4) is 0 Å². The predicted octanol–water partition coefficient (Wildman–Crippen LogP) is 3.77. The lowest BCUT2D eigenvalue weighted by Gasteiger charge is -2.62. The smallest absolute Gasteiger partial charge is 0.133 e. The molecule has 4 saturated carbocycles. The Kier molecular flexibility index (Phi) is 3.60. The van der Waals surface area contributed by atoms with E-state index in [1.807, 2.05) is 6.92 Å². The van der Waals surface area contributed by atoms with Crippen LogP contribution in [0.1, 0.15) is 72.1 Å². The molecule has 1 unspecified atom stereocenters. The van der Waals surface area contributed by atoms with Crippen molar-refractivity contribution in [2.75, 3.05) is 0 Å². The molecule has 0 spiro atoms. The molecule has 1 N–H and O–H groups in total. The van der Waals surface area contributed by atoms with Gasteiger partial charge in [0.05, 0.1) is 5.60 Å². The maximum absolute atomic E-state index is 12.1. The van der Waals surface area contributed by atoms with E-state index in [1.54, 1.807) is 0 Å². The molecule has 3 nitrogen and oxygen atoms in total. The van der Waals surface area contributed by atoms with Gasteiger partial charge in [-0.2, -0.15) is 0 Å². The van der Waals surface area contributed by atoms with Crippen molar-refractivity contribution in [3.8, 4) is 0 Å². The second-order valence-corrected chi connectivity index (χ2v) is 9.98. The van der Waals surface area contributed by atoms with Crippen molar-refractivity contribution >= 4 is 12.1 Å². The Labute approximate surface area is 145 Å². The maximum atomic E-state index is 12.1. The lowest BCUT2D eigenvalue weighted by atomic mass is 9.42. The first-order valence-electron chi connectivity index (χ1n) is 9.93. The van der Waals surface area contributed by atoms with Crippen LogP contribution < -0.4 is 0 Å². The zero-order valence-corrected chi connectivity index (χ0v) is 15.4. The van der Waals surface area contributed by atoms with Crippen molar-refractivity contribution in [2.45, 2.75) is 77.7 Å². The van der Waals surface area contributed by atoms with Gasteiger partial charge in [0.25, 0.3) is 0 Å². The third-order valence-electron chi connectivity index (χ3n) is 9.41. The van der Waals surface area contributed by atoms with Crippen molar-refractivity contribution in [1.82, 2.24) is 0 Å². The van der Waals surface area contributed by atoms with Gasteiger partial charge in [0.15, 0.2) is 0 Å². The molecule has 0 aliphatic heterocycles. The van der Waals surface area contributed by atoms with Crippen molar-refractivity contribution < 1.29 is 14.7 Å². The van der Waals surface area contributed by atoms with E-state index in [0.29, 0.717) is 36.5 Å². The number of carbonyl (C=O) groups excluding carboxylic acids is 2. The van der Waals surface area contributed by atoms with E-state index in [9.17, 15) is 14.7 Å². The van der Waals surface area contributed by atoms with Gasteiger partial charge in [-0.25, -0.2) is 0 Å². The standard InChI is InChI=1S/C21H32O3/c1-19-8-6-18-16(17(19)7-9-20(19,2)24)5-4-13-10-15(23)11-14(12-22)21(13,18)3/h12-14,16-18,24H,4-11H2,1-3H3/t13-,14?,16-,17-,18-,19-,20-,21+/m0/s1. The van der Waals surface area contributed by atoms with Crippen LogP contribution in [0.5, 0.6) is 0 Å². The van der Waals surface area contributed by atoms with Crippen molar-refractivity contribution in [3.05, 3.63) is 0 Å². The molecule has 0 heterocycles. The third kappa shape index (κ3) is 1.94. The van der Waals surface area contributed by atoms with E-state index in [4.69, 9.17) is 0 Å². The lowest BCUT2D eigenvalue weighted by Crippen LogP contribution is -2.58. The summed E-state index contributed by atoms with van der Waals surface area (Å²) in [6, 6.07) is 0. The Morgan fingerprint density at radius 3 is 2.42 bits per heavy atom. The molecule has 8 atom stereocenters. The highest BCUT2D eigenvalue weighted by Gasteiger charge is 2.64. The van der Waals surface area contributed by atoms with Crippen LogP contribution in [0.4, 0.5) is 0 Å². The van der Waals surface area contributed by atoms with E-state index in [0.717, 1.165) is 38.4 Å². The van der Waals surface area contributed by atoms with Gasteiger partial charge in [-0.1, -0.05) is 13.8 Å². The van der Waals surface area contributed by atoms with Crippen molar-refractivity contribution in [3.63, 3.8) is 0 Å². The second kappa shape index (κ2) is 5.16. The Balaban J connectivity index is 1.70. The van der Waals surface area contributed by atoms with Crippen LogP contribution >= 0.6 is 0 Å². The molecule has 24 heavy (non-hydrogen) atoms. The number of Topliss-reactive ketones (excluding diaryl/α,β-unsaturated/α-hetero) is 1.